The molecular formula is C12H18N2O2. The van der Waals surface area contributed by atoms with E-state index in [1.807, 2.05) is 10.9 Å². The van der Waals surface area contributed by atoms with E-state index in [2.05, 4.69) is 12.0 Å². The first-order valence-electron chi connectivity index (χ1n) is 5.84. The van der Waals surface area contributed by atoms with Gasteiger partial charge in [0, 0.05) is 19.9 Å². The van der Waals surface area contributed by atoms with Gasteiger partial charge in [0.15, 0.2) is 5.78 Å². The standard InChI is InChI=1S/C12H18N2O2/c1-3-7-14-9-10(8-13-14)11(15)12(16-2)5-4-6-12/h8-9H,3-7H2,1-2H3. The molecular weight excluding hydrogens is 204 g/mol. The monoisotopic (exact) mass is 222 g/mol. The highest BCUT2D eigenvalue weighted by Crippen LogP contribution is 2.37. The van der Waals surface area contributed by atoms with Crippen LogP contribution in [-0.4, -0.2) is 28.3 Å². The summed E-state index contributed by atoms with van der Waals surface area (Å²) >= 11 is 0. The Balaban J connectivity index is 2.13. The number of Topliss-reactive ketones (excluding diaryl/α,β-unsaturated/α-hetero) is 1. The summed E-state index contributed by atoms with van der Waals surface area (Å²) in [6, 6.07) is 0. The second-order valence-corrected chi connectivity index (χ2v) is 4.37. The number of aromatic nitrogens is 2. The lowest BCUT2D eigenvalue weighted by Gasteiger charge is -2.38. The van der Waals surface area contributed by atoms with E-state index in [0.29, 0.717) is 5.56 Å². The van der Waals surface area contributed by atoms with E-state index in [4.69, 9.17) is 4.74 Å². The van der Waals surface area contributed by atoms with Crippen molar-refractivity contribution in [3.63, 3.8) is 0 Å². The molecule has 4 nitrogen and oxygen atoms in total. The van der Waals surface area contributed by atoms with Gasteiger partial charge in [0.1, 0.15) is 5.60 Å². The van der Waals surface area contributed by atoms with Gasteiger partial charge < -0.3 is 4.74 Å². The van der Waals surface area contributed by atoms with Crippen LogP contribution in [0.25, 0.3) is 0 Å². The van der Waals surface area contributed by atoms with Crippen molar-refractivity contribution in [1.29, 1.82) is 0 Å². The van der Waals surface area contributed by atoms with Gasteiger partial charge in [-0.25, -0.2) is 0 Å². The molecule has 1 aliphatic carbocycles. The van der Waals surface area contributed by atoms with Gasteiger partial charge >= 0.3 is 0 Å². The summed E-state index contributed by atoms with van der Waals surface area (Å²) in [6.07, 6.45) is 7.23. The largest absolute Gasteiger partial charge is 0.370 e. The maximum Gasteiger partial charge on any atom is 0.197 e. The van der Waals surface area contributed by atoms with E-state index in [-0.39, 0.29) is 5.78 Å². The molecule has 1 fully saturated rings. The molecule has 0 aromatic carbocycles. The lowest BCUT2D eigenvalue weighted by Crippen LogP contribution is -2.46. The molecule has 16 heavy (non-hydrogen) atoms. The number of carbonyl (C=O) groups excluding carboxylic acids is 1. The number of hydrogen-bond acceptors (Lipinski definition) is 3. The van der Waals surface area contributed by atoms with Crippen LogP contribution >= 0.6 is 0 Å². The zero-order chi connectivity index (χ0) is 11.6. The first-order chi connectivity index (χ1) is 7.72. The highest BCUT2D eigenvalue weighted by Gasteiger charge is 2.44. The zero-order valence-electron chi connectivity index (χ0n) is 9.90. The van der Waals surface area contributed by atoms with Gasteiger partial charge in [0.25, 0.3) is 0 Å². The van der Waals surface area contributed by atoms with Crippen molar-refractivity contribution >= 4 is 5.78 Å². The Kier molecular flexibility index (Phi) is 3.10. The zero-order valence-corrected chi connectivity index (χ0v) is 9.90. The molecule has 0 radical (unpaired) electrons. The van der Waals surface area contributed by atoms with Crippen molar-refractivity contribution < 1.29 is 9.53 Å². The van der Waals surface area contributed by atoms with E-state index in [0.717, 1.165) is 32.2 Å². The maximum atomic E-state index is 12.2. The minimum atomic E-state index is -0.555. The van der Waals surface area contributed by atoms with Gasteiger partial charge in [-0.2, -0.15) is 5.10 Å². The van der Waals surface area contributed by atoms with Crippen LogP contribution in [0.3, 0.4) is 0 Å². The van der Waals surface area contributed by atoms with E-state index < -0.39 is 5.60 Å². The minimum Gasteiger partial charge on any atom is -0.370 e. The number of hydrogen-bond donors (Lipinski definition) is 0. The highest BCUT2D eigenvalue weighted by molar-refractivity contribution is 6.02. The van der Waals surface area contributed by atoms with E-state index >= 15 is 0 Å². The van der Waals surface area contributed by atoms with Gasteiger partial charge in [-0.1, -0.05) is 6.92 Å². The fourth-order valence-electron chi connectivity index (χ4n) is 2.12. The second-order valence-electron chi connectivity index (χ2n) is 4.37. The quantitative estimate of drug-likeness (QED) is 0.716. The molecule has 0 bridgehead atoms. The Morgan fingerprint density at radius 3 is 2.88 bits per heavy atom. The van der Waals surface area contributed by atoms with E-state index in [9.17, 15) is 4.79 Å². The van der Waals surface area contributed by atoms with Crippen molar-refractivity contribution in [2.45, 2.75) is 44.8 Å². The number of carbonyl (C=O) groups is 1. The molecule has 0 aliphatic heterocycles. The number of aryl methyl sites for hydroxylation is 1. The summed E-state index contributed by atoms with van der Waals surface area (Å²) in [7, 11) is 1.62. The summed E-state index contributed by atoms with van der Waals surface area (Å²) in [5.74, 6) is 0.0867. The normalized spacial score (nSPS) is 18.1. The number of methoxy groups -OCH3 is 1. The SMILES string of the molecule is CCCn1cc(C(=O)C2(OC)CCC2)cn1. The van der Waals surface area contributed by atoms with Gasteiger partial charge in [0.2, 0.25) is 0 Å². The summed E-state index contributed by atoms with van der Waals surface area (Å²) in [5, 5.41) is 4.17. The molecule has 0 saturated heterocycles. The molecule has 1 aromatic heterocycles. The van der Waals surface area contributed by atoms with Crippen LogP contribution in [-0.2, 0) is 11.3 Å². The maximum absolute atomic E-state index is 12.2. The summed E-state index contributed by atoms with van der Waals surface area (Å²) < 4.78 is 7.19. The van der Waals surface area contributed by atoms with Gasteiger partial charge in [0.05, 0.1) is 11.8 Å². The molecule has 1 aliphatic rings. The van der Waals surface area contributed by atoms with Crippen LogP contribution in [0.2, 0.25) is 0 Å². The first-order valence-corrected chi connectivity index (χ1v) is 5.84. The molecule has 1 heterocycles. The third-order valence-electron chi connectivity index (χ3n) is 3.31. The first kappa shape index (κ1) is 11.3. The average Bonchev–Trinajstić information content (AvgIpc) is 2.66. The number of nitrogens with zero attached hydrogens (tertiary/aromatic N) is 2. The van der Waals surface area contributed by atoms with Gasteiger partial charge in [-0.3, -0.25) is 9.48 Å². The van der Waals surface area contributed by atoms with Crippen LogP contribution in [0, 0.1) is 0 Å². The van der Waals surface area contributed by atoms with Crippen molar-refractivity contribution in [2.24, 2.45) is 0 Å². The number of ether oxygens (including phenoxy) is 1. The Hall–Kier alpha value is -1.16. The fraction of sp³-hybridized carbons (Fsp3) is 0.667. The lowest BCUT2D eigenvalue weighted by atomic mass is 9.75. The predicted molar refractivity (Wildman–Crippen MR) is 60.4 cm³/mol. The van der Waals surface area contributed by atoms with Gasteiger partial charge in [-0.15, -0.1) is 0 Å². The van der Waals surface area contributed by atoms with E-state index in [1.165, 1.54) is 0 Å². The summed E-state index contributed by atoms with van der Waals surface area (Å²) in [4.78, 5) is 12.2. The summed E-state index contributed by atoms with van der Waals surface area (Å²) in [6.45, 7) is 2.94. The molecule has 0 spiro atoms. The lowest BCUT2D eigenvalue weighted by molar-refractivity contribution is -0.0448. The molecule has 0 N–H and O–H groups in total. The summed E-state index contributed by atoms with van der Waals surface area (Å²) in [5.41, 5.74) is 0.120. The van der Waals surface area contributed by atoms with E-state index in [1.54, 1.807) is 13.3 Å². The molecule has 1 aromatic rings. The molecule has 88 valence electrons. The molecule has 2 rings (SSSR count). The Bertz CT molecular complexity index is 375. The number of rotatable bonds is 5. The van der Waals surface area contributed by atoms with Crippen molar-refractivity contribution in [3.05, 3.63) is 18.0 Å². The Morgan fingerprint density at radius 2 is 2.38 bits per heavy atom. The fourth-order valence-corrected chi connectivity index (χ4v) is 2.12. The average molecular weight is 222 g/mol. The smallest absolute Gasteiger partial charge is 0.197 e. The van der Waals surface area contributed by atoms with Crippen LogP contribution in [0.1, 0.15) is 43.0 Å². The molecule has 0 atom stereocenters. The van der Waals surface area contributed by atoms with Crippen LogP contribution in [0.4, 0.5) is 0 Å². The van der Waals surface area contributed by atoms with Crippen LogP contribution in [0.15, 0.2) is 12.4 Å². The third kappa shape index (κ3) is 1.78. The highest BCUT2D eigenvalue weighted by atomic mass is 16.5. The second kappa shape index (κ2) is 4.37. The molecule has 0 unspecified atom stereocenters. The van der Waals surface area contributed by atoms with Crippen LogP contribution in [0.5, 0.6) is 0 Å². The molecule has 4 heteroatoms. The Morgan fingerprint density at radius 1 is 1.62 bits per heavy atom. The Labute approximate surface area is 95.6 Å². The van der Waals surface area contributed by atoms with Gasteiger partial charge in [-0.05, 0) is 25.7 Å². The van der Waals surface area contributed by atoms with Crippen LogP contribution < -0.4 is 0 Å². The number of ketones is 1. The van der Waals surface area contributed by atoms with Crippen molar-refractivity contribution in [1.82, 2.24) is 9.78 Å². The minimum absolute atomic E-state index is 0.0867. The third-order valence-corrected chi connectivity index (χ3v) is 3.31. The molecule has 1 saturated carbocycles. The van der Waals surface area contributed by atoms with Crippen molar-refractivity contribution in [2.75, 3.05) is 7.11 Å². The molecule has 0 amide bonds. The van der Waals surface area contributed by atoms with Crippen molar-refractivity contribution in [3.8, 4) is 0 Å². The topological polar surface area (TPSA) is 44.1 Å². The predicted octanol–water partition coefficient (Wildman–Crippen LogP) is 2.04.